The van der Waals surface area contributed by atoms with Crippen LogP contribution in [0.4, 0.5) is 11.5 Å². The van der Waals surface area contributed by atoms with Crippen molar-refractivity contribution >= 4 is 34.4 Å². The molecule has 0 aliphatic rings. The molecule has 0 aromatic carbocycles. The number of anilines is 2. The lowest BCUT2D eigenvalue weighted by Crippen LogP contribution is -2.12. The lowest BCUT2D eigenvalue weighted by molar-refractivity contribution is 0.738. The van der Waals surface area contributed by atoms with Crippen LogP contribution in [0, 0.1) is 0 Å². The zero-order chi connectivity index (χ0) is 12.3. The highest BCUT2D eigenvalue weighted by atomic mass is 35.5. The van der Waals surface area contributed by atoms with Crippen molar-refractivity contribution in [3.63, 3.8) is 0 Å². The second kappa shape index (κ2) is 5.33. The van der Waals surface area contributed by atoms with Gasteiger partial charge in [0.1, 0.15) is 10.2 Å². The maximum atomic E-state index is 5.85. The molecule has 2 rings (SSSR count). The molecule has 2 aromatic rings. The Bertz CT molecular complexity index is 486. The third-order valence-electron chi connectivity index (χ3n) is 2.36. The van der Waals surface area contributed by atoms with Crippen LogP contribution < -0.4 is 11.1 Å². The Morgan fingerprint density at radius 2 is 2.35 bits per heavy atom. The van der Waals surface area contributed by atoms with E-state index in [1.807, 2.05) is 5.38 Å². The van der Waals surface area contributed by atoms with Gasteiger partial charge in [0.25, 0.3) is 0 Å². The number of hydrogen-bond donors (Lipinski definition) is 2. The summed E-state index contributed by atoms with van der Waals surface area (Å²) < 4.78 is 0. The average molecular weight is 269 g/mol. The van der Waals surface area contributed by atoms with E-state index in [0.29, 0.717) is 16.7 Å². The van der Waals surface area contributed by atoms with Crippen LogP contribution in [0.25, 0.3) is 0 Å². The van der Waals surface area contributed by atoms with Gasteiger partial charge in [0.05, 0.1) is 11.7 Å². The quantitative estimate of drug-likeness (QED) is 0.835. The Morgan fingerprint density at radius 1 is 1.53 bits per heavy atom. The molecule has 2 aromatic heterocycles. The summed E-state index contributed by atoms with van der Waals surface area (Å²) in [5.74, 6) is 0.611. The summed E-state index contributed by atoms with van der Waals surface area (Å²) in [4.78, 5) is 8.47. The van der Waals surface area contributed by atoms with E-state index in [-0.39, 0.29) is 6.04 Å². The van der Waals surface area contributed by atoms with E-state index in [9.17, 15) is 0 Å². The van der Waals surface area contributed by atoms with Crippen molar-refractivity contribution in [2.45, 2.75) is 19.4 Å². The van der Waals surface area contributed by atoms with Crippen LogP contribution in [-0.2, 0) is 0 Å². The summed E-state index contributed by atoms with van der Waals surface area (Å²) >= 11 is 7.46. The Labute approximate surface area is 109 Å². The van der Waals surface area contributed by atoms with Crippen molar-refractivity contribution in [3.8, 4) is 0 Å². The van der Waals surface area contributed by atoms with E-state index in [1.54, 1.807) is 29.7 Å². The molecule has 0 saturated carbocycles. The van der Waals surface area contributed by atoms with E-state index in [0.717, 1.165) is 11.4 Å². The Kier molecular flexibility index (Phi) is 3.81. The van der Waals surface area contributed by atoms with Gasteiger partial charge in [-0.05, 0) is 18.6 Å². The summed E-state index contributed by atoms with van der Waals surface area (Å²) in [5, 5.41) is 6.67. The molecule has 0 spiro atoms. The number of halogens is 1. The summed E-state index contributed by atoms with van der Waals surface area (Å²) in [7, 11) is 0. The first-order chi connectivity index (χ1) is 8.20. The summed E-state index contributed by atoms with van der Waals surface area (Å²) in [6.45, 7) is 2.08. The van der Waals surface area contributed by atoms with Gasteiger partial charge in [-0.15, -0.1) is 11.3 Å². The van der Waals surface area contributed by atoms with Crippen molar-refractivity contribution in [1.29, 1.82) is 0 Å². The van der Waals surface area contributed by atoms with Gasteiger partial charge < -0.3 is 11.1 Å². The second-order valence-electron chi connectivity index (χ2n) is 3.55. The predicted octanol–water partition coefficient (Wildman–Crippen LogP) is 3.34. The van der Waals surface area contributed by atoms with Gasteiger partial charge in [-0.25, -0.2) is 9.97 Å². The van der Waals surface area contributed by atoms with Crippen LogP contribution >= 0.6 is 22.9 Å². The molecular weight excluding hydrogens is 256 g/mol. The molecule has 17 heavy (non-hydrogen) atoms. The molecule has 0 aliphatic heterocycles. The van der Waals surface area contributed by atoms with Gasteiger partial charge >= 0.3 is 0 Å². The van der Waals surface area contributed by atoms with E-state index in [1.165, 1.54) is 0 Å². The Balaban J connectivity index is 2.21. The van der Waals surface area contributed by atoms with E-state index in [2.05, 4.69) is 22.2 Å². The largest absolute Gasteiger partial charge is 0.396 e. The number of rotatable bonds is 4. The van der Waals surface area contributed by atoms with Crippen LogP contribution in [0.3, 0.4) is 0 Å². The molecule has 0 aliphatic carbocycles. The highest BCUT2D eigenvalue weighted by Gasteiger charge is 2.13. The minimum Gasteiger partial charge on any atom is -0.396 e. The number of nitrogen functional groups attached to an aromatic ring is 1. The number of thiazole rings is 1. The molecule has 0 fully saturated rings. The fourth-order valence-corrected chi connectivity index (χ4v) is 2.39. The van der Waals surface area contributed by atoms with Gasteiger partial charge in [0.15, 0.2) is 5.82 Å². The van der Waals surface area contributed by atoms with Crippen molar-refractivity contribution in [1.82, 2.24) is 9.97 Å². The minimum atomic E-state index is 0.114. The van der Waals surface area contributed by atoms with E-state index < -0.39 is 0 Å². The number of pyridine rings is 1. The molecule has 1 unspecified atom stereocenters. The van der Waals surface area contributed by atoms with Crippen LogP contribution in [0.2, 0.25) is 5.15 Å². The molecule has 4 nitrogen and oxygen atoms in total. The fraction of sp³-hybridized carbons (Fsp3) is 0.273. The van der Waals surface area contributed by atoms with Crippen LogP contribution in [0.15, 0.2) is 23.7 Å². The average Bonchev–Trinajstić information content (AvgIpc) is 2.84. The number of nitrogens with zero attached hydrogens (tertiary/aromatic N) is 2. The number of nitrogens with two attached hydrogens (primary N) is 1. The van der Waals surface area contributed by atoms with E-state index >= 15 is 0 Å². The zero-order valence-corrected chi connectivity index (χ0v) is 10.9. The monoisotopic (exact) mass is 268 g/mol. The third-order valence-corrected chi connectivity index (χ3v) is 3.46. The first kappa shape index (κ1) is 12.1. The summed E-state index contributed by atoms with van der Waals surface area (Å²) in [5.41, 5.74) is 6.43. The number of aromatic nitrogens is 2. The standard InChI is InChI=1S/C11H13ClN4S/c1-2-8(11-14-5-6-17-11)15-10-7(13)3-4-9(12)16-10/h3-6,8H,2,13H2,1H3,(H,15,16). The highest BCUT2D eigenvalue weighted by Crippen LogP contribution is 2.27. The fourth-order valence-electron chi connectivity index (χ4n) is 1.47. The predicted molar refractivity (Wildman–Crippen MR) is 72.4 cm³/mol. The number of nitrogens with one attached hydrogen (secondary N) is 1. The van der Waals surface area contributed by atoms with E-state index in [4.69, 9.17) is 17.3 Å². The van der Waals surface area contributed by atoms with Crippen molar-refractivity contribution < 1.29 is 0 Å². The van der Waals surface area contributed by atoms with Gasteiger partial charge in [0.2, 0.25) is 0 Å². The molecule has 0 radical (unpaired) electrons. The highest BCUT2D eigenvalue weighted by molar-refractivity contribution is 7.09. The van der Waals surface area contributed by atoms with Gasteiger partial charge in [-0.1, -0.05) is 18.5 Å². The number of hydrogen-bond acceptors (Lipinski definition) is 5. The topological polar surface area (TPSA) is 63.8 Å². The molecule has 0 bridgehead atoms. The minimum absolute atomic E-state index is 0.114. The molecule has 1 atom stereocenters. The Hall–Kier alpha value is -1.33. The lowest BCUT2D eigenvalue weighted by atomic mass is 10.2. The van der Waals surface area contributed by atoms with Crippen molar-refractivity contribution in [2.24, 2.45) is 0 Å². The molecule has 6 heteroatoms. The van der Waals surface area contributed by atoms with Crippen molar-refractivity contribution in [2.75, 3.05) is 11.1 Å². The van der Waals surface area contributed by atoms with Gasteiger partial charge in [-0.2, -0.15) is 0 Å². The third kappa shape index (κ3) is 2.87. The maximum absolute atomic E-state index is 5.85. The normalized spacial score (nSPS) is 12.4. The first-order valence-corrected chi connectivity index (χ1v) is 6.54. The second-order valence-corrected chi connectivity index (χ2v) is 4.86. The molecule has 3 N–H and O–H groups in total. The summed E-state index contributed by atoms with van der Waals surface area (Å²) in [6, 6.07) is 3.53. The SMILES string of the molecule is CCC(Nc1nc(Cl)ccc1N)c1nccs1. The van der Waals surface area contributed by atoms with Crippen LogP contribution in [0.5, 0.6) is 0 Å². The van der Waals surface area contributed by atoms with Gasteiger partial charge in [0, 0.05) is 11.6 Å². The smallest absolute Gasteiger partial charge is 0.151 e. The van der Waals surface area contributed by atoms with Crippen LogP contribution in [-0.4, -0.2) is 9.97 Å². The van der Waals surface area contributed by atoms with Crippen molar-refractivity contribution in [3.05, 3.63) is 33.9 Å². The molecular formula is C11H13ClN4S. The molecule has 0 amide bonds. The summed E-state index contributed by atoms with van der Waals surface area (Å²) in [6.07, 6.45) is 2.69. The van der Waals surface area contributed by atoms with Crippen LogP contribution in [0.1, 0.15) is 24.4 Å². The molecule has 90 valence electrons. The maximum Gasteiger partial charge on any atom is 0.151 e. The molecule has 2 heterocycles. The van der Waals surface area contributed by atoms with Gasteiger partial charge in [-0.3, -0.25) is 0 Å². The molecule has 0 saturated heterocycles. The zero-order valence-electron chi connectivity index (χ0n) is 9.35. The lowest BCUT2D eigenvalue weighted by Gasteiger charge is -2.16. The Morgan fingerprint density at radius 3 is 3.00 bits per heavy atom. The first-order valence-electron chi connectivity index (χ1n) is 5.28.